The first kappa shape index (κ1) is 10.1. The lowest BCUT2D eigenvalue weighted by Gasteiger charge is -2.30. The standard InChI is InChI=1S/C11H13FN2O/c12-8-4-1-2-6-10(8)14-7-3-5-9(13)11(14)15/h1-2,4,6,9H,3,5,7,13H2/t9-/m1/s1. The first-order valence-electron chi connectivity index (χ1n) is 5.01. The van der Waals surface area contributed by atoms with E-state index in [1.165, 1.54) is 11.0 Å². The van der Waals surface area contributed by atoms with Gasteiger partial charge in [0.15, 0.2) is 0 Å². The molecule has 2 N–H and O–H groups in total. The van der Waals surface area contributed by atoms with Crippen LogP contribution in [0.4, 0.5) is 10.1 Å². The Kier molecular flexibility index (Phi) is 2.68. The maximum Gasteiger partial charge on any atom is 0.243 e. The number of benzene rings is 1. The zero-order valence-electron chi connectivity index (χ0n) is 8.32. The first-order chi connectivity index (χ1) is 7.20. The number of piperidine rings is 1. The summed E-state index contributed by atoms with van der Waals surface area (Å²) in [6, 6.07) is 5.78. The predicted octanol–water partition coefficient (Wildman–Crippen LogP) is 1.28. The number of amides is 1. The van der Waals surface area contributed by atoms with Crippen LogP contribution in [0.15, 0.2) is 24.3 Å². The number of anilines is 1. The van der Waals surface area contributed by atoms with Crippen molar-refractivity contribution >= 4 is 11.6 Å². The Morgan fingerprint density at radius 2 is 2.13 bits per heavy atom. The number of rotatable bonds is 1. The Hall–Kier alpha value is -1.42. The second-order valence-corrected chi connectivity index (χ2v) is 3.69. The maximum absolute atomic E-state index is 13.4. The largest absolute Gasteiger partial charge is 0.320 e. The maximum atomic E-state index is 13.4. The SMILES string of the molecule is N[C@@H]1CCCN(c2ccccc2F)C1=O. The quantitative estimate of drug-likeness (QED) is 0.755. The molecule has 1 amide bonds. The van der Waals surface area contributed by atoms with Crippen LogP contribution < -0.4 is 10.6 Å². The van der Waals surface area contributed by atoms with Crippen molar-refractivity contribution in [2.45, 2.75) is 18.9 Å². The Morgan fingerprint density at radius 3 is 2.87 bits per heavy atom. The molecule has 2 rings (SSSR count). The molecule has 4 heteroatoms. The fourth-order valence-electron chi connectivity index (χ4n) is 1.81. The van der Waals surface area contributed by atoms with Crippen molar-refractivity contribution in [2.75, 3.05) is 11.4 Å². The third-order valence-electron chi connectivity index (χ3n) is 2.62. The highest BCUT2D eigenvalue weighted by Gasteiger charge is 2.27. The summed E-state index contributed by atoms with van der Waals surface area (Å²) in [4.78, 5) is 13.1. The topological polar surface area (TPSA) is 46.3 Å². The van der Waals surface area contributed by atoms with E-state index in [0.29, 0.717) is 18.7 Å². The average Bonchev–Trinajstić information content (AvgIpc) is 2.23. The van der Waals surface area contributed by atoms with E-state index in [4.69, 9.17) is 5.73 Å². The van der Waals surface area contributed by atoms with Crippen LogP contribution in [0.1, 0.15) is 12.8 Å². The molecular formula is C11H13FN2O. The summed E-state index contributed by atoms with van der Waals surface area (Å²) >= 11 is 0. The summed E-state index contributed by atoms with van der Waals surface area (Å²) in [5, 5.41) is 0. The molecule has 0 bridgehead atoms. The zero-order chi connectivity index (χ0) is 10.8. The van der Waals surface area contributed by atoms with Gasteiger partial charge in [0.05, 0.1) is 11.7 Å². The fourth-order valence-corrected chi connectivity index (χ4v) is 1.81. The lowest BCUT2D eigenvalue weighted by atomic mass is 10.0. The molecule has 1 heterocycles. The van der Waals surface area contributed by atoms with Gasteiger partial charge in [-0.3, -0.25) is 4.79 Å². The van der Waals surface area contributed by atoms with Crippen molar-refractivity contribution in [3.63, 3.8) is 0 Å². The second kappa shape index (κ2) is 3.98. The molecule has 1 aromatic carbocycles. The number of hydrogen-bond acceptors (Lipinski definition) is 2. The summed E-state index contributed by atoms with van der Waals surface area (Å²) in [6.07, 6.45) is 1.50. The van der Waals surface area contributed by atoms with Gasteiger partial charge in [0.2, 0.25) is 5.91 Å². The summed E-state index contributed by atoms with van der Waals surface area (Å²) < 4.78 is 13.4. The zero-order valence-corrected chi connectivity index (χ0v) is 8.32. The Labute approximate surface area is 87.7 Å². The van der Waals surface area contributed by atoms with E-state index in [1.807, 2.05) is 0 Å². The average molecular weight is 208 g/mol. The molecule has 1 atom stereocenters. The molecule has 0 aliphatic carbocycles. The van der Waals surface area contributed by atoms with E-state index in [9.17, 15) is 9.18 Å². The lowest BCUT2D eigenvalue weighted by molar-refractivity contribution is -0.120. The summed E-state index contributed by atoms with van der Waals surface area (Å²) in [7, 11) is 0. The minimum absolute atomic E-state index is 0.189. The van der Waals surface area contributed by atoms with E-state index in [0.717, 1.165) is 6.42 Å². The molecule has 0 saturated carbocycles. The Bertz CT molecular complexity index is 381. The molecule has 0 unspecified atom stereocenters. The number of hydrogen-bond donors (Lipinski definition) is 1. The second-order valence-electron chi connectivity index (χ2n) is 3.69. The Balaban J connectivity index is 2.30. The van der Waals surface area contributed by atoms with Crippen molar-refractivity contribution in [3.8, 4) is 0 Å². The van der Waals surface area contributed by atoms with E-state index < -0.39 is 6.04 Å². The molecular weight excluding hydrogens is 195 g/mol. The minimum Gasteiger partial charge on any atom is -0.320 e. The van der Waals surface area contributed by atoms with Crippen LogP contribution in [0, 0.1) is 5.82 Å². The van der Waals surface area contributed by atoms with Crippen LogP contribution >= 0.6 is 0 Å². The van der Waals surface area contributed by atoms with Gasteiger partial charge in [-0.15, -0.1) is 0 Å². The number of nitrogens with two attached hydrogens (primary N) is 1. The first-order valence-corrected chi connectivity index (χ1v) is 5.01. The Morgan fingerprint density at radius 1 is 1.40 bits per heavy atom. The van der Waals surface area contributed by atoms with Crippen LogP contribution in [0.5, 0.6) is 0 Å². The number of nitrogens with zero attached hydrogens (tertiary/aromatic N) is 1. The van der Waals surface area contributed by atoms with Crippen molar-refractivity contribution < 1.29 is 9.18 Å². The van der Waals surface area contributed by atoms with Gasteiger partial charge in [0, 0.05) is 6.54 Å². The molecule has 0 radical (unpaired) electrons. The van der Waals surface area contributed by atoms with E-state index in [1.54, 1.807) is 18.2 Å². The third-order valence-corrected chi connectivity index (χ3v) is 2.62. The van der Waals surface area contributed by atoms with Gasteiger partial charge in [0.25, 0.3) is 0 Å². The van der Waals surface area contributed by atoms with E-state index in [-0.39, 0.29) is 11.7 Å². The number of carbonyl (C=O) groups excluding carboxylic acids is 1. The molecule has 1 saturated heterocycles. The van der Waals surface area contributed by atoms with E-state index >= 15 is 0 Å². The summed E-state index contributed by atoms with van der Waals surface area (Å²) in [5.41, 5.74) is 5.97. The van der Waals surface area contributed by atoms with Crippen LogP contribution in [-0.4, -0.2) is 18.5 Å². The van der Waals surface area contributed by atoms with Crippen molar-refractivity contribution in [2.24, 2.45) is 5.73 Å². The molecule has 0 aromatic heterocycles. The molecule has 1 aliphatic rings. The van der Waals surface area contributed by atoms with Crippen LogP contribution in [0.2, 0.25) is 0 Å². The smallest absolute Gasteiger partial charge is 0.243 e. The van der Waals surface area contributed by atoms with Gasteiger partial charge >= 0.3 is 0 Å². The van der Waals surface area contributed by atoms with Crippen molar-refractivity contribution in [1.82, 2.24) is 0 Å². The number of para-hydroxylation sites is 1. The molecule has 15 heavy (non-hydrogen) atoms. The minimum atomic E-state index is -0.488. The molecule has 1 aromatic rings. The van der Waals surface area contributed by atoms with Gasteiger partial charge < -0.3 is 10.6 Å². The van der Waals surface area contributed by atoms with E-state index in [2.05, 4.69) is 0 Å². The van der Waals surface area contributed by atoms with Crippen molar-refractivity contribution in [1.29, 1.82) is 0 Å². The lowest BCUT2D eigenvalue weighted by Crippen LogP contribution is -2.48. The summed E-state index contributed by atoms with van der Waals surface area (Å²) in [5.74, 6) is -0.564. The van der Waals surface area contributed by atoms with Crippen molar-refractivity contribution in [3.05, 3.63) is 30.1 Å². The third kappa shape index (κ3) is 1.85. The van der Waals surface area contributed by atoms with Gasteiger partial charge in [-0.2, -0.15) is 0 Å². The van der Waals surface area contributed by atoms with Gasteiger partial charge in [0.1, 0.15) is 5.82 Å². The monoisotopic (exact) mass is 208 g/mol. The molecule has 3 nitrogen and oxygen atoms in total. The normalized spacial score (nSPS) is 21.9. The molecule has 1 fully saturated rings. The fraction of sp³-hybridized carbons (Fsp3) is 0.364. The molecule has 1 aliphatic heterocycles. The van der Waals surface area contributed by atoms with Gasteiger partial charge in [-0.1, -0.05) is 12.1 Å². The number of carbonyl (C=O) groups is 1. The summed E-state index contributed by atoms with van der Waals surface area (Å²) in [6.45, 7) is 0.549. The number of halogens is 1. The predicted molar refractivity (Wildman–Crippen MR) is 56.0 cm³/mol. The van der Waals surface area contributed by atoms with Crippen LogP contribution in [0.25, 0.3) is 0 Å². The van der Waals surface area contributed by atoms with Crippen LogP contribution in [-0.2, 0) is 4.79 Å². The molecule has 80 valence electrons. The highest BCUT2D eigenvalue weighted by Crippen LogP contribution is 2.22. The van der Waals surface area contributed by atoms with Gasteiger partial charge in [-0.05, 0) is 25.0 Å². The highest BCUT2D eigenvalue weighted by molar-refractivity contribution is 5.97. The highest BCUT2D eigenvalue weighted by atomic mass is 19.1. The van der Waals surface area contributed by atoms with Gasteiger partial charge in [-0.25, -0.2) is 4.39 Å². The van der Waals surface area contributed by atoms with Crippen LogP contribution in [0.3, 0.4) is 0 Å². The molecule has 0 spiro atoms.